The molecule has 0 aliphatic carbocycles. The lowest BCUT2D eigenvalue weighted by atomic mass is 10.0. The summed E-state index contributed by atoms with van der Waals surface area (Å²) in [6.45, 7) is 8.19. The summed E-state index contributed by atoms with van der Waals surface area (Å²) in [5, 5.41) is 3.80. The van der Waals surface area contributed by atoms with Crippen molar-refractivity contribution in [3.63, 3.8) is 0 Å². The van der Waals surface area contributed by atoms with Crippen LogP contribution in [0.2, 0.25) is 5.02 Å². The van der Waals surface area contributed by atoms with E-state index in [-0.39, 0.29) is 0 Å². The summed E-state index contributed by atoms with van der Waals surface area (Å²) in [5.41, 5.74) is 5.91. The SMILES string of the molecule is C=C(NC)c1cc(Cl)cc(CC)c1N=C(C)c1ccccc1. The molecule has 0 atom stereocenters. The molecule has 0 amide bonds. The highest BCUT2D eigenvalue weighted by atomic mass is 35.5. The van der Waals surface area contributed by atoms with Gasteiger partial charge < -0.3 is 5.32 Å². The minimum absolute atomic E-state index is 0.708. The number of halogens is 1. The molecule has 2 aromatic carbocycles. The van der Waals surface area contributed by atoms with Crippen molar-refractivity contribution in [2.24, 2.45) is 4.99 Å². The van der Waals surface area contributed by atoms with E-state index in [1.165, 1.54) is 0 Å². The summed E-state index contributed by atoms with van der Waals surface area (Å²) in [7, 11) is 1.85. The maximum Gasteiger partial charge on any atom is 0.0758 e. The topological polar surface area (TPSA) is 24.4 Å². The first-order valence-corrected chi connectivity index (χ1v) is 7.74. The molecule has 0 bridgehead atoms. The molecule has 0 heterocycles. The Bertz CT molecular complexity index is 703. The Labute approximate surface area is 137 Å². The lowest BCUT2D eigenvalue weighted by molar-refractivity contribution is 1.10. The minimum atomic E-state index is 0.708. The summed E-state index contributed by atoms with van der Waals surface area (Å²) in [5.74, 6) is 0. The Balaban J connectivity index is 2.60. The van der Waals surface area contributed by atoms with Crippen LogP contribution in [0.5, 0.6) is 0 Å². The van der Waals surface area contributed by atoms with Gasteiger partial charge in [-0.15, -0.1) is 0 Å². The van der Waals surface area contributed by atoms with Crippen LogP contribution in [0.4, 0.5) is 5.69 Å². The first kappa shape index (κ1) is 16.3. The molecule has 0 aliphatic rings. The van der Waals surface area contributed by atoms with Crippen LogP contribution in [0.15, 0.2) is 54.0 Å². The van der Waals surface area contributed by atoms with Gasteiger partial charge in [0.15, 0.2) is 0 Å². The molecule has 1 N–H and O–H groups in total. The molecule has 114 valence electrons. The van der Waals surface area contributed by atoms with Gasteiger partial charge in [-0.05, 0) is 36.6 Å². The third kappa shape index (κ3) is 3.58. The molecule has 0 saturated carbocycles. The minimum Gasteiger partial charge on any atom is -0.388 e. The van der Waals surface area contributed by atoms with Crippen molar-refractivity contribution in [2.75, 3.05) is 7.05 Å². The van der Waals surface area contributed by atoms with Crippen LogP contribution in [0, 0.1) is 0 Å². The second-order valence-electron chi connectivity index (χ2n) is 5.11. The zero-order chi connectivity index (χ0) is 16.1. The molecule has 0 aromatic heterocycles. The fourth-order valence-electron chi connectivity index (χ4n) is 2.33. The number of hydrogen-bond acceptors (Lipinski definition) is 2. The monoisotopic (exact) mass is 312 g/mol. The van der Waals surface area contributed by atoms with Crippen molar-refractivity contribution in [2.45, 2.75) is 20.3 Å². The summed E-state index contributed by atoms with van der Waals surface area (Å²) in [6.07, 6.45) is 0.867. The molecule has 0 fully saturated rings. The third-order valence-electron chi connectivity index (χ3n) is 3.63. The van der Waals surface area contributed by atoms with E-state index < -0.39 is 0 Å². The highest BCUT2D eigenvalue weighted by Gasteiger charge is 2.12. The average molecular weight is 313 g/mol. The van der Waals surface area contributed by atoms with Crippen LogP contribution in [0.25, 0.3) is 5.70 Å². The molecule has 0 aliphatic heterocycles. The first-order chi connectivity index (χ1) is 10.6. The van der Waals surface area contributed by atoms with E-state index in [1.807, 2.05) is 44.3 Å². The maximum absolute atomic E-state index is 6.24. The molecule has 2 nitrogen and oxygen atoms in total. The van der Waals surface area contributed by atoms with Crippen molar-refractivity contribution in [1.82, 2.24) is 5.32 Å². The molecule has 0 unspecified atom stereocenters. The lowest BCUT2D eigenvalue weighted by Gasteiger charge is -2.14. The van der Waals surface area contributed by atoms with E-state index in [0.29, 0.717) is 5.02 Å². The zero-order valence-electron chi connectivity index (χ0n) is 13.3. The standard InChI is InChI=1S/C19H21ClN2/c1-5-15-11-17(20)12-18(14(3)21-4)19(15)22-13(2)16-9-7-6-8-10-16/h6-12,21H,3,5H2,1-2,4H3. The van der Waals surface area contributed by atoms with Gasteiger partial charge in [0.25, 0.3) is 0 Å². The van der Waals surface area contributed by atoms with Gasteiger partial charge in [-0.25, -0.2) is 0 Å². The smallest absolute Gasteiger partial charge is 0.0758 e. The second-order valence-corrected chi connectivity index (χ2v) is 5.54. The average Bonchev–Trinajstić information content (AvgIpc) is 2.55. The van der Waals surface area contributed by atoms with Gasteiger partial charge >= 0.3 is 0 Å². The summed E-state index contributed by atoms with van der Waals surface area (Å²) < 4.78 is 0. The van der Waals surface area contributed by atoms with E-state index in [2.05, 4.69) is 31.0 Å². The maximum atomic E-state index is 6.24. The van der Waals surface area contributed by atoms with Gasteiger partial charge in [0.1, 0.15) is 0 Å². The highest BCUT2D eigenvalue weighted by Crippen LogP contribution is 2.33. The van der Waals surface area contributed by atoms with Crippen LogP contribution in [-0.4, -0.2) is 12.8 Å². The second kappa shape index (κ2) is 7.28. The Morgan fingerprint density at radius 3 is 2.50 bits per heavy atom. The first-order valence-electron chi connectivity index (χ1n) is 7.37. The van der Waals surface area contributed by atoms with Gasteiger partial charge in [-0.3, -0.25) is 4.99 Å². The molecule has 0 spiro atoms. The van der Waals surface area contributed by atoms with Crippen molar-refractivity contribution in [3.05, 3.63) is 70.8 Å². The number of nitrogens with zero attached hydrogens (tertiary/aromatic N) is 1. The lowest BCUT2D eigenvalue weighted by Crippen LogP contribution is -2.05. The quantitative estimate of drug-likeness (QED) is 0.751. The van der Waals surface area contributed by atoms with E-state index >= 15 is 0 Å². The number of rotatable bonds is 5. The molecule has 3 heteroatoms. The fourth-order valence-corrected chi connectivity index (χ4v) is 2.57. The van der Waals surface area contributed by atoms with Crippen LogP contribution in [0.1, 0.15) is 30.5 Å². The number of benzene rings is 2. The predicted octanol–water partition coefficient (Wildman–Crippen LogP) is 5.23. The van der Waals surface area contributed by atoms with Crippen LogP contribution < -0.4 is 5.32 Å². The summed E-state index contributed by atoms with van der Waals surface area (Å²) in [6, 6.07) is 14.1. The Hall–Kier alpha value is -2.06. The molecule has 2 rings (SSSR count). The van der Waals surface area contributed by atoms with Crippen molar-refractivity contribution in [1.29, 1.82) is 0 Å². The van der Waals surface area contributed by atoms with Gasteiger partial charge in [-0.2, -0.15) is 0 Å². The van der Waals surface area contributed by atoms with Crippen molar-refractivity contribution >= 4 is 28.7 Å². The van der Waals surface area contributed by atoms with Crippen LogP contribution in [0.3, 0.4) is 0 Å². The summed E-state index contributed by atoms with van der Waals surface area (Å²) in [4.78, 5) is 4.87. The Morgan fingerprint density at radius 2 is 1.91 bits per heavy atom. The number of aryl methyl sites for hydroxylation is 1. The molecule has 0 radical (unpaired) electrons. The van der Waals surface area contributed by atoms with E-state index in [0.717, 1.165) is 40.2 Å². The molecular weight excluding hydrogens is 292 g/mol. The normalized spacial score (nSPS) is 11.4. The van der Waals surface area contributed by atoms with Gasteiger partial charge in [0.2, 0.25) is 0 Å². The molecule has 0 saturated heterocycles. The number of hydrogen-bond donors (Lipinski definition) is 1. The third-order valence-corrected chi connectivity index (χ3v) is 3.85. The number of aliphatic imine (C=N–C) groups is 1. The summed E-state index contributed by atoms with van der Waals surface area (Å²) >= 11 is 6.24. The predicted molar refractivity (Wildman–Crippen MR) is 97.2 cm³/mol. The van der Waals surface area contributed by atoms with Gasteiger partial charge in [0, 0.05) is 29.0 Å². The van der Waals surface area contributed by atoms with E-state index in [4.69, 9.17) is 16.6 Å². The van der Waals surface area contributed by atoms with Gasteiger partial charge in [0.05, 0.1) is 5.69 Å². The van der Waals surface area contributed by atoms with Crippen molar-refractivity contribution < 1.29 is 0 Å². The van der Waals surface area contributed by atoms with Crippen molar-refractivity contribution in [3.8, 4) is 0 Å². The Morgan fingerprint density at radius 1 is 1.23 bits per heavy atom. The van der Waals surface area contributed by atoms with E-state index in [9.17, 15) is 0 Å². The van der Waals surface area contributed by atoms with Gasteiger partial charge in [-0.1, -0.05) is 55.4 Å². The highest BCUT2D eigenvalue weighted by molar-refractivity contribution is 6.31. The molecule has 2 aromatic rings. The van der Waals surface area contributed by atoms with E-state index in [1.54, 1.807) is 0 Å². The van der Waals surface area contributed by atoms with Crippen LogP contribution >= 0.6 is 11.6 Å². The number of nitrogens with one attached hydrogen (secondary N) is 1. The largest absolute Gasteiger partial charge is 0.388 e. The molecule has 22 heavy (non-hydrogen) atoms. The Kier molecular flexibility index (Phi) is 5.40. The fraction of sp³-hybridized carbons (Fsp3) is 0.211. The molecular formula is C19H21ClN2. The zero-order valence-corrected chi connectivity index (χ0v) is 14.0. The van der Waals surface area contributed by atoms with Crippen LogP contribution in [-0.2, 0) is 6.42 Å².